The van der Waals surface area contributed by atoms with Gasteiger partial charge >= 0.3 is 0 Å². The smallest absolute Gasteiger partial charge is 0.269 e. The van der Waals surface area contributed by atoms with Gasteiger partial charge in [0, 0.05) is 71.1 Å². The van der Waals surface area contributed by atoms with E-state index >= 15 is 0 Å². The first-order valence-electron chi connectivity index (χ1n) is 12.8. The lowest BCUT2D eigenvalue weighted by Gasteiger charge is -2.32. The first-order chi connectivity index (χ1) is 18.4. The van der Waals surface area contributed by atoms with Gasteiger partial charge in [0.15, 0.2) is 0 Å². The van der Waals surface area contributed by atoms with Gasteiger partial charge in [-0.05, 0) is 29.7 Å². The summed E-state index contributed by atoms with van der Waals surface area (Å²) in [5.41, 5.74) is 1.97. The average Bonchev–Trinajstić information content (AvgIpc) is 3.39. The minimum atomic E-state index is -0.564. The normalized spacial score (nSPS) is 19.6. The van der Waals surface area contributed by atoms with Crippen LogP contribution in [0.1, 0.15) is 17.5 Å². The van der Waals surface area contributed by atoms with E-state index in [1.807, 2.05) is 29.2 Å². The number of nitro groups is 1. The van der Waals surface area contributed by atoms with Crippen LogP contribution in [0.15, 0.2) is 48.5 Å². The van der Waals surface area contributed by atoms with Crippen LogP contribution in [0, 0.1) is 10.1 Å². The molecule has 2 aromatic carbocycles. The number of hydrogen-bond acceptors (Lipinski definition) is 8. The number of methoxy groups -OCH3 is 2. The molecule has 0 bridgehead atoms. The van der Waals surface area contributed by atoms with E-state index in [1.54, 1.807) is 24.1 Å². The number of carbonyl (C=O) groups excluding carboxylic acids is 2. The van der Waals surface area contributed by atoms with Gasteiger partial charge in [0.25, 0.3) is 5.69 Å². The number of rotatable bonds is 10. The van der Waals surface area contributed by atoms with Crippen molar-refractivity contribution >= 4 is 17.5 Å². The average molecular weight is 526 g/mol. The van der Waals surface area contributed by atoms with Gasteiger partial charge in [0.05, 0.1) is 12.0 Å². The van der Waals surface area contributed by atoms with Crippen LogP contribution >= 0.6 is 0 Å². The van der Waals surface area contributed by atoms with E-state index in [0.29, 0.717) is 39.1 Å². The minimum absolute atomic E-state index is 0.0323. The second-order valence-corrected chi connectivity index (χ2v) is 9.64. The molecule has 0 saturated carbocycles. The van der Waals surface area contributed by atoms with Crippen LogP contribution in [-0.4, -0.2) is 97.1 Å². The van der Waals surface area contributed by atoms with E-state index in [0.717, 1.165) is 30.0 Å². The lowest BCUT2D eigenvalue weighted by atomic mass is 10.1. The molecule has 0 aromatic heterocycles. The number of nitrogens with one attached hydrogen (secondary N) is 1. The molecular formula is C27H35N5O6. The van der Waals surface area contributed by atoms with Crippen molar-refractivity contribution in [3.8, 4) is 5.75 Å². The van der Waals surface area contributed by atoms with Crippen LogP contribution in [0.2, 0.25) is 0 Å². The van der Waals surface area contributed by atoms with Gasteiger partial charge in [-0.25, -0.2) is 0 Å². The van der Waals surface area contributed by atoms with E-state index in [9.17, 15) is 19.7 Å². The van der Waals surface area contributed by atoms with Crippen LogP contribution < -0.4 is 10.1 Å². The molecule has 2 saturated heterocycles. The summed E-state index contributed by atoms with van der Waals surface area (Å²) < 4.78 is 10.5. The number of likely N-dealkylation sites (tertiary alicyclic amines) is 1. The Morgan fingerprint density at radius 3 is 2.45 bits per heavy atom. The lowest BCUT2D eigenvalue weighted by molar-refractivity contribution is -0.384. The molecule has 2 heterocycles. The molecule has 2 aromatic rings. The zero-order chi connectivity index (χ0) is 27.1. The van der Waals surface area contributed by atoms with Gasteiger partial charge in [-0.1, -0.05) is 24.3 Å². The number of nitrogens with zero attached hydrogens (tertiary/aromatic N) is 4. The molecule has 11 heteroatoms. The zero-order valence-corrected chi connectivity index (χ0v) is 21.9. The first-order valence-corrected chi connectivity index (χ1v) is 12.8. The maximum Gasteiger partial charge on any atom is 0.269 e. The summed E-state index contributed by atoms with van der Waals surface area (Å²) in [7, 11) is 3.10. The molecule has 0 spiro atoms. The summed E-state index contributed by atoms with van der Waals surface area (Å²) in [6, 6.07) is 13.6. The largest absolute Gasteiger partial charge is 0.497 e. The number of amides is 2. The fourth-order valence-electron chi connectivity index (χ4n) is 5.17. The number of hydrogen-bond donors (Lipinski definition) is 1. The number of nitro benzene ring substituents is 1. The molecule has 2 amide bonds. The van der Waals surface area contributed by atoms with E-state index in [1.165, 1.54) is 19.2 Å². The van der Waals surface area contributed by atoms with Crippen LogP contribution in [0.4, 0.5) is 5.69 Å². The van der Waals surface area contributed by atoms with Gasteiger partial charge in [0.2, 0.25) is 11.8 Å². The third-order valence-electron chi connectivity index (χ3n) is 7.15. The van der Waals surface area contributed by atoms with Crippen molar-refractivity contribution in [2.24, 2.45) is 0 Å². The van der Waals surface area contributed by atoms with Crippen molar-refractivity contribution in [3.63, 3.8) is 0 Å². The maximum atomic E-state index is 13.6. The number of ether oxygens (including phenoxy) is 2. The lowest BCUT2D eigenvalue weighted by Crippen LogP contribution is -2.53. The molecule has 2 unspecified atom stereocenters. The Hall–Kier alpha value is -3.54. The topological polar surface area (TPSA) is 117 Å². The molecule has 2 atom stereocenters. The van der Waals surface area contributed by atoms with Crippen LogP contribution in [0.5, 0.6) is 5.75 Å². The van der Waals surface area contributed by atoms with Crippen LogP contribution in [0.3, 0.4) is 0 Å². The third-order valence-corrected chi connectivity index (χ3v) is 7.15. The van der Waals surface area contributed by atoms with Gasteiger partial charge in [0.1, 0.15) is 18.4 Å². The number of piperazine rings is 1. The van der Waals surface area contributed by atoms with Crippen molar-refractivity contribution in [1.29, 1.82) is 0 Å². The van der Waals surface area contributed by atoms with Crippen molar-refractivity contribution in [1.82, 2.24) is 20.0 Å². The Kier molecular flexibility index (Phi) is 9.27. The van der Waals surface area contributed by atoms with Crippen molar-refractivity contribution in [2.45, 2.75) is 31.6 Å². The standard InChI is InChI=1S/C27H35N5O6/c1-37-19-26(33)31-18-23(15-25(31)27(34)29-12-10-28-11-13-29)30(17-21-4-3-5-24(14-21)38-2)16-20-6-8-22(9-7-20)32(35)36/h3-9,14,23,25,28H,10-13,15-19H2,1-2H3. The summed E-state index contributed by atoms with van der Waals surface area (Å²) >= 11 is 0. The fraction of sp³-hybridized carbons (Fsp3) is 0.481. The number of benzene rings is 2. The molecule has 4 rings (SSSR count). The molecule has 1 N–H and O–H groups in total. The predicted molar refractivity (Wildman–Crippen MR) is 141 cm³/mol. The van der Waals surface area contributed by atoms with Crippen molar-refractivity contribution < 1.29 is 24.0 Å². The zero-order valence-electron chi connectivity index (χ0n) is 21.9. The van der Waals surface area contributed by atoms with Crippen molar-refractivity contribution in [3.05, 3.63) is 69.8 Å². The Bertz CT molecular complexity index is 1120. The molecule has 2 fully saturated rings. The molecule has 38 heavy (non-hydrogen) atoms. The van der Waals surface area contributed by atoms with Crippen LogP contribution in [0.25, 0.3) is 0 Å². The highest BCUT2D eigenvalue weighted by Gasteiger charge is 2.43. The van der Waals surface area contributed by atoms with E-state index in [2.05, 4.69) is 10.2 Å². The van der Waals surface area contributed by atoms with Gasteiger partial charge in [-0.2, -0.15) is 0 Å². The number of non-ortho nitro benzene ring substituents is 1. The summed E-state index contributed by atoms with van der Waals surface area (Å²) in [6.07, 6.45) is 0.495. The molecule has 2 aliphatic rings. The third kappa shape index (κ3) is 6.66. The second kappa shape index (κ2) is 12.8. The Labute approximate surface area is 222 Å². The van der Waals surface area contributed by atoms with Gasteiger partial charge in [-0.3, -0.25) is 24.6 Å². The molecule has 0 aliphatic carbocycles. The molecule has 11 nitrogen and oxygen atoms in total. The van der Waals surface area contributed by atoms with E-state index < -0.39 is 11.0 Å². The first kappa shape index (κ1) is 27.5. The van der Waals surface area contributed by atoms with E-state index in [4.69, 9.17) is 9.47 Å². The highest BCUT2D eigenvalue weighted by molar-refractivity contribution is 5.89. The Morgan fingerprint density at radius 2 is 1.79 bits per heavy atom. The predicted octanol–water partition coefficient (Wildman–Crippen LogP) is 1.65. The second-order valence-electron chi connectivity index (χ2n) is 9.64. The number of carbonyl (C=O) groups is 2. The summed E-state index contributed by atoms with van der Waals surface area (Å²) in [4.78, 5) is 43.0. The molecular weight excluding hydrogens is 490 g/mol. The van der Waals surface area contributed by atoms with Gasteiger partial charge < -0.3 is 24.6 Å². The van der Waals surface area contributed by atoms with Gasteiger partial charge in [-0.15, -0.1) is 0 Å². The van der Waals surface area contributed by atoms with Crippen molar-refractivity contribution in [2.75, 3.05) is 53.6 Å². The molecule has 204 valence electrons. The minimum Gasteiger partial charge on any atom is -0.497 e. The highest BCUT2D eigenvalue weighted by atomic mass is 16.6. The molecule has 2 aliphatic heterocycles. The Balaban J connectivity index is 1.60. The molecule has 0 radical (unpaired) electrons. The maximum absolute atomic E-state index is 13.6. The Morgan fingerprint density at radius 1 is 1.08 bits per heavy atom. The SMILES string of the molecule is COCC(=O)N1CC(N(Cc2ccc([N+](=O)[O-])cc2)Cc2cccc(OC)c2)CC1C(=O)N1CCNCC1. The summed E-state index contributed by atoms with van der Waals surface area (Å²) in [6.45, 7) is 4.05. The van der Waals surface area contributed by atoms with Crippen LogP contribution in [-0.2, 0) is 27.4 Å². The fourth-order valence-corrected chi connectivity index (χ4v) is 5.17. The summed E-state index contributed by atoms with van der Waals surface area (Å²) in [5.74, 6) is 0.503. The van der Waals surface area contributed by atoms with E-state index in [-0.39, 0.29) is 30.2 Å². The highest BCUT2D eigenvalue weighted by Crippen LogP contribution is 2.28. The summed E-state index contributed by atoms with van der Waals surface area (Å²) in [5, 5.41) is 14.4. The quantitative estimate of drug-likeness (QED) is 0.368. The monoisotopic (exact) mass is 525 g/mol.